The van der Waals surface area contributed by atoms with Gasteiger partial charge in [0.2, 0.25) is 0 Å². The molecule has 0 saturated heterocycles. The van der Waals surface area contributed by atoms with Crippen LogP contribution in [-0.2, 0) is 27.4 Å². The Balaban J connectivity index is 0.000000858. The number of nitrogens with zero attached hydrogens (tertiary/aromatic N) is 1. The van der Waals surface area contributed by atoms with Gasteiger partial charge in [-0.25, -0.2) is 0 Å². The van der Waals surface area contributed by atoms with Crippen molar-refractivity contribution in [3.05, 3.63) is 100 Å². The van der Waals surface area contributed by atoms with E-state index in [2.05, 4.69) is 72.0 Å². The van der Waals surface area contributed by atoms with E-state index in [0.717, 1.165) is 12.0 Å². The Labute approximate surface area is 202 Å². The molecule has 0 saturated carbocycles. The number of fused-ring (bicyclic) bond motifs is 3. The predicted molar refractivity (Wildman–Crippen MR) is 127 cm³/mol. The summed E-state index contributed by atoms with van der Waals surface area (Å²) in [6, 6.07) is 25.8. The molecule has 160 valence electrons. The van der Waals surface area contributed by atoms with Gasteiger partial charge >= 0.3 is 35.6 Å². The number of amides is 1. The summed E-state index contributed by atoms with van der Waals surface area (Å²) in [4.78, 5) is 12.3. The normalized spacial score (nSPS) is 12.3. The Morgan fingerprint density at radius 2 is 1.32 bits per heavy atom. The Bertz CT molecular complexity index is 1010. The molecule has 1 aliphatic carbocycles. The first kappa shape index (κ1) is 24.1. The zero-order valence-electron chi connectivity index (χ0n) is 18.0. The number of rotatable bonds is 5. The summed E-state index contributed by atoms with van der Waals surface area (Å²) < 4.78 is 0. The predicted octanol–water partition coefficient (Wildman–Crippen LogP) is 8.16. The van der Waals surface area contributed by atoms with Gasteiger partial charge in [-0.2, -0.15) is 0 Å². The topological polar surface area (TPSA) is 31.2 Å². The van der Waals surface area contributed by atoms with Gasteiger partial charge in [-0.3, -0.25) is 0 Å². The van der Waals surface area contributed by atoms with Gasteiger partial charge in [-0.15, -0.1) is 0 Å². The molecule has 1 aliphatic rings. The van der Waals surface area contributed by atoms with Gasteiger partial charge in [-0.1, -0.05) is 111 Å². The first-order valence-electron chi connectivity index (χ1n) is 10.4. The van der Waals surface area contributed by atoms with E-state index < -0.39 is 22.6 Å². The molecule has 0 aliphatic heterocycles. The van der Waals surface area contributed by atoms with Crippen LogP contribution in [-0.4, -0.2) is 5.91 Å². The van der Waals surface area contributed by atoms with Crippen molar-refractivity contribution in [3.8, 4) is 11.1 Å². The zero-order valence-corrected chi connectivity index (χ0v) is 21.1. The molecule has 1 amide bonds. The molecule has 0 unspecified atom stereocenters. The van der Waals surface area contributed by atoms with Crippen molar-refractivity contribution in [2.45, 2.75) is 45.1 Å². The van der Waals surface area contributed by atoms with Crippen LogP contribution in [0.25, 0.3) is 16.4 Å². The second-order valence-corrected chi connectivity index (χ2v) is 10.7. The summed E-state index contributed by atoms with van der Waals surface area (Å²) in [6.45, 7) is 6.11. The Hall–Kier alpha value is -1.58. The first-order chi connectivity index (χ1) is 14.9. The third kappa shape index (κ3) is 5.26. The number of carbonyl (C=O) groups is 1. The number of hydrogen-bond acceptors (Lipinski definition) is 1. The van der Waals surface area contributed by atoms with E-state index in [1.54, 1.807) is 0 Å². The minimum absolute atomic E-state index is 0.0190. The summed E-state index contributed by atoms with van der Waals surface area (Å²) in [5.74, 6) is 0.147. The molecule has 0 heterocycles. The van der Waals surface area contributed by atoms with Crippen LogP contribution in [0.5, 0.6) is 0 Å². The molecule has 4 rings (SSSR count). The van der Waals surface area contributed by atoms with Gasteiger partial charge in [0.25, 0.3) is 0 Å². The molecule has 2 nitrogen and oxygen atoms in total. The fourth-order valence-corrected chi connectivity index (χ4v) is 4.44. The fraction of sp³-hybridized carbons (Fsp3) is 0.269. The average molecular weight is 487 g/mol. The zero-order chi connectivity index (χ0) is 22.4. The summed E-state index contributed by atoms with van der Waals surface area (Å²) in [7, 11) is 9.78. The summed E-state index contributed by atoms with van der Waals surface area (Å²) in [6.07, 6.45) is 1.32. The third-order valence-electron chi connectivity index (χ3n) is 5.63. The summed E-state index contributed by atoms with van der Waals surface area (Å²) in [5, 5.41) is 4.57. The van der Waals surface area contributed by atoms with Crippen LogP contribution < -0.4 is 0 Å². The van der Waals surface area contributed by atoms with Crippen LogP contribution in [0.1, 0.15) is 61.8 Å². The Kier molecular flexibility index (Phi) is 8.41. The number of carbonyl (C=O) groups excluding carboxylic acids is 1. The minimum atomic E-state index is -0.560. The molecule has 0 radical (unpaired) electrons. The van der Waals surface area contributed by atoms with Crippen molar-refractivity contribution in [2.75, 3.05) is 0 Å². The van der Waals surface area contributed by atoms with E-state index in [4.69, 9.17) is 18.6 Å². The Morgan fingerprint density at radius 3 is 1.84 bits per heavy atom. The maximum atomic E-state index is 12.3. The van der Waals surface area contributed by atoms with E-state index in [1.165, 1.54) is 27.8 Å². The van der Waals surface area contributed by atoms with E-state index in [1.807, 2.05) is 26.8 Å². The van der Waals surface area contributed by atoms with Crippen LogP contribution in [0, 0.1) is 0 Å². The second-order valence-electron chi connectivity index (χ2n) is 8.08. The SMILES string of the molecule is CCCC(=O)[N-]C(C)(C)c1ccccc1C1c2ccccc2-c2ccccc21.[Cl][Ti][Cl]. The molecule has 3 aromatic carbocycles. The Morgan fingerprint density at radius 1 is 0.871 bits per heavy atom. The standard InChI is InChI=1S/C26H27NO.2ClH.Ti/c1-4-11-24(28)27-26(2,3)23-17-10-9-16-22(23)25-20-14-7-5-12-18(20)19-13-6-8-15-21(19)25;;;/h5-10,12-17,25H,4,11H2,1-3H3,(H,27,28);2*1H;/q;;;+2/p-3. The molecule has 0 atom stereocenters. The van der Waals surface area contributed by atoms with Crippen LogP contribution in [0.15, 0.2) is 72.8 Å². The van der Waals surface area contributed by atoms with Crippen molar-refractivity contribution in [1.29, 1.82) is 0 Å². The van der Waals surface area contributed by atoms with Crippen LogP contribution >= 0.6 is 18.6 Å². The molecule has 0 aromatic heterocycles. The van der Waals surface area contributed by atoms with Gasteiger partial charge in [-0.05, 0) is 34.2 Å². The molecule has 0 bridgehead atoms. The molecule has 31 heavy (non-hydrogen) atoms. The van der Waals surface area contributed by atoms with Gasteiger partial charge in [0.15, 0.2) is 0 Å². The van der Waals surface area contributed by atoms with E-state index >= 15 is 0 Å². The number of hydrogen-bond donors (Lipinski definition) is 0. The van der Waals surface area contributed by atoms with Crippen LogP contribution in [0.3, 0.4) is 0 Å². The molecule has 0 spiro atoms. The monoisotopic (exact) mass is 486 g/mol. The van der Waals surface area contributed by atoms with Crippen molar-refractivity contribution >= 4 is 24.5 Å². The average Bonchev–Trinajstić information content (AvgIpc) is 3.08. The summed E-state index contributed by atoms with van der Waals surface area (Å²) in [5.41, 5.74) is 7.05. The number of benzene rings is 3. The van der Waals surface area contributed by atoms with Crippen molar-refractivity contribution in [3.63, 3.8) is 0 Å². The van der Waals surface area contributed by atoms with Gasteiger partial charge < -0.3 is 10.1 Å². The molecule has 0 N–H and O–H groups in total. The molecule has 3 aromatic rings. The van der Waals surface area contributed by atoms with Crippen LogP contribution in [0.4, 0.5) is 0 Å². The van der Waals surface area contributed by atoms with Crippen molar-refractivity contribution in [1.82, 2.24) is 0 Å². The molecule has 0 fully saturated rings. The van der Waals surface area contributed by atoms with Crippen LogP contribution in [0.2, 0.25) is 0 Å². The van der Waals surface area contributed by atoms with Crippen molar-refractivity contribution < 1.29 is 21.8 Å². The fourth-order valence-electron chi connectivity index (χ4n) is 4.44. The van der Waals surface area contributed by atoms with E-state index in [-0.39, 0.29) is 11.8 Å². The molecular formula is C26H26Cl2NOTi-. The molecule has 5 heteroatoms. The molecular weight excluding hydrogens is 461 g/mol. The van der Waals surface area contributed by atoms with Gasteiger partial charge in [0, 0.05) is 5.92 Å². The second kappa shape index (κ2) is 10.8. The van der Waals surface area contributed by atoms with Gasteiger partial charge in [0.1, 0.15) is 0 Å². The van der Waals surface area contributed by atoms with Gasteiger partial charge in [0.05, 0.1) is 5.91 Å². The van der Waals surface area contributed by atoms with E-state index in [0.29, 0.717) is 6.42 Å². The maximum absolute atomic E-state index is 12.3. The summed E-state index contributed by atoms with van der Waals surface area (Å²) >= 11 is -0.556. The van der Waals surface area contributed by atoms with E-state index in [9.17, 15) is 4.79 Å². The van der Waals surface area contributed by atoms with Crippen molar-refractivity contribution in [2.24, 2.45) is 0 Å². The number of halogens is 2. The quantitative estimate of drug-likeness (QED) is 0.261. The first-order valence-corrected chi connectivity index (χ1v) is 14.7. The third-order valence-corrected chi connectivity index (χ3v) is 5.63.